The first kappa shape index (κ1) is 16.2. The molecule has 0 bridgehead atoms. The summed E-state index contributed by atoms with van der Waals surface area (Å²) in [7, 11) is 0. The number of rotatable bonds is 7. The van der Waals surface area contributed by atoms with Crippen molar-refractivity contribution in [2.75, 3.05) is 6.54 Å². The third kappa shape index (κ3) is 4.96. The molecule has 0 aliphatic heterocycles. The number of benzene rings is 1. The third-order valence-corrected chi connectivity index (χ3v) is 4.23. The van der Waals surface area contributed by atoms with Crippen LogP contribution in [-0.4, -0.2) is 18.0 Å². The predicted octanol–water partition coefficient (Wildman–Crippen LogP) is 3.02. The Bertz CT molecular complexity index is 391. The molecule has 106 valence electrons. The summed E-state index contributed by atoms with van der Waals surface area (Å²) < 4.78 is 1.06. The van der Waals surface area contributed by atoms with Crippen LogP contribution in [0.1, 0.15) is 38.7 Å². The first-order valence-corrected chi connectivity index (χ1v) is 7.60. The van der Waals surface area contributed by atoms with Crippen molar-refractivity contribution in [2.24, 2.45) is 5.73 Å². The van der Waals surface area contributed by atoms with E-state index in [1.807, 2.05) is 24.3 Å². The molecular weight excluding hydrogens is 304 g/mol. The summed E-state index contributed by atoms with van der Waals surface area (Å²) >= 11 is 3.40. The van der Waals surface area contributed by atoms with Gasteiger partial charge in [0.05, 0.1) is 5.54 Å². The molecule has 3 nitrogen and oxygen atoms in total. The van der Waals surface area contributed by atoms with E-state index in [0.717, 1.165) is 23.7 Å². The molecule has 0 atom stereocenters. The average molecular weight is 327 g/mol. The fourth-order valence-corrected chi connectivity index (χ4v) is 2.30. The number of hydrogen-bond donors (Lipinski definition) is 2. The van der Waals surface area contributed by atoms with E-state index in [0.29, 0.717) is 13.0 Å². The van der Waals surface area contributed by atoms with Gasteiger partial charge in [-0.2, -0.15) is 0 Å². The van der Waals surface area contributed by atoms with Gasteiger partial charge in [-0.05, 0) is 37.0 Å². The maximum Gasteiger partial charge on any atom is 0.220 e. The number of carbonyl (C=O) groups excluding carboxylic acids is 1. The second kappa shape index (κ2) is 7.65. The number of nitrogens with two attached hydrogens (primary N) is 1. The molecule has 1 aromatic carbocycles. The maximum atomic E-state index is 12.0. The molecule has 0 spiro atoms. The van der Waals surface area contributed by atoms with Crippen molar-refractivity contribution in [1.82, 2.24) is 5.32 Å². The summed E-state index contributed by atoms with van der Waals surface area (Å²) in [6.07, 6.45) is 2.99. The molecule has 3 N–H and O–H groups in total. The fraction of sp³-hybridized carbons (Fsp3) is 0.533. The molecule has 0 saturated heterocycles. The number of hydrogen-bond acceptors (Lipinski definition) is 2. The van der Waals surface area contributed by atoms with E-state index in [9.17, 15) is 4.79 Å². The van der Waals surface area contributed by atoms with E-state index in [-0.39, 0.29) is 11.4 Å². The monoisotopic (exact) mass is 326 g/mol. The molecule has 1 amide bonds. The highest BCUT2D eigenvalue weighted by atomic mass is 79.9. The lowest BCUT2D eigenvalue weighted by Gasteiger charge is -2.31. The van der Waals surface area contributed by atoms with Crippen LogP contribution in [0.3, 0.4) is 0 Å². The van der Waals surface area contributed by atoms with Crippen molar-refractivity contribution in [1.29, 1.82) is 0 Å². The van der Waals surface area contributed by atoms with Gasteiger partial charge in [-0.1, -0.05) is 41.9 Å². The van der Waals surface area contributed by atoms with Gasteiger partial charge in [-0.25, -0.2) is 0 Å². The number of nitrogens with one attached hydrogen (secondary N) is 1. The van der Waals surface area contributed by atoms with E-state index in [4.69, 9.17) is 5.73 Å². The third-order valence-electron chi connectivity index (χ3n) is 3.70. The number of halogens is 1. The summed E-state index contributed by atoms with van der Waals surface area (Å²) in [6.45, 7) is 4.61. The lowest BCUT2D eigenvalue weighted by atomic mass is 9.92. The van der Waals surface area contributed by atoms with E-state index in [2.05, 4.69) is 35.1 Å². The Morgan fingerprint density at radius 2 is 1.84 bits per heavy atom. The summed E-state index contributed by atoms with van der Waals surface area (Å²) in [4.78, 5) is 12.0. The van der Waals surface area contributed by atoms with Crippen LogP contribution in [0.15, 0.2) is 28.7 Å². The molecule has 0 saturated carbocycles. The molecule has 0 aromatic heterocycles. The number of carbonyl (C=O) groups is 1. The molecule has 1 aromatic rings. The summed E-state index contributed by atoms with van der Waals surface area (Å²) in [5.41, 5.74) is 6.71. The predicted molar refractivity (Wildman–Crippen MR) is 83.0 cm³/mol. The van der Waals surface area contributed by atoms with Crippen LogP contribution in [0, 0.1) is 0 Å². The lowest BCUT2D eigenvalue weighted by molar-refractivity contribution is -0.123. The Morgan fingerprint density at radius 3 is 2.32 bits per heavy atom. The minimum Gasteiger partial charge on any atom is -0.349 e. The van der Waals surface area contributed by atoms with Gasteiger partial charge < -0.3 is 11.1 Å². The molecule has 0 aliphatic carbocycles. The SMILES string of the molecule is CCC(CC)(CN)NC(=O)CCc1ccc(Br)cc1. The van der Waals surface area contributed by atoms with Crippen LogP contribution in [0.5, 0.6) is 0 Å². The molecule has 0 aliphatic rings. The van der Waals surface area contributed by atoms with Gasteiger partial charge >= 0.3 is 0 Å². The number of aryl methyl sites for hydroxylation is 1. The Kier molecular flexibility index (Phi) is 6.52. The molecule has 0 unspecified atom stereocenters. The Morgan fingerprint density at radius 1 is 1.26 bits per heavy atom. The molecule has 0 radical (unpaired) electrons. The van der Waals surface area contributed by atoms with Crippen LogP contribution in [-0.2, 0) is 11.2 Å². The molecular formula is C15H23BrN2O. The van der Waals surface area contributed by atoms with Crippen molar-refractivity contribution in [2.45, 2.75) is 45.1 Å². The fourth-order valence-electron chi connectivity index (χ4n) is 2.03. The highest BCUT2D eigenvalue weighted by Gasteiger charge is 2.25. The molecule has 0 heterocycles. The highest BCUT2D eigenvalue weighted by Crippen LogP contribution is 2.15. The van der Waals surface area contributed by atoms with Crippen molar-refractivity contribution in [3.8, 4) is 0 Å². The van der Waals surface area contributed by atoms with Gasteiger partial charge in [0.25, 0.3) is 0 Å². The van der Waals surface area contributed by atoms with Gasteiger partial charge in [0, 0.05) is 17.4 Å². The van der Waals surface area contributed by atoms with Crippen LogP contribution in [0.25, 0.3) is 0 Å². The zero-order chi connectivity index (χ0) is 14.3. The van der Waals surface area contributed by atoms with Crippen molar-refractivity contribution in [3.63, 3.8) is 0 Å². The lowest BCUT2D eigenvalue weighted by Crippen LogP contribution is -2.52. The van der Waals surface area contributed by atoms with Gasteiger partial charge in [-0.3, -0.25) is 4.79 Å². The molecule has 1 rings (SSSR count). The van der Waals surface area contributed by atoms with E-state index in [1.54, 1.807) is 0 Å². The summed E-state index contributed by atoms with van der Waals surface area (Å²) in [5, 5.41) is 3.09. The zero-order valence-electron chi connectivity index (χ0n) is 11.7. The van der Waals surface area contributed by atoms with Crippen LogP contribution >= 0.6 is 15.9 Å². The average Bonchev–Trinajstić information content (AvgIpc) is 2.44. The van der Waals surface area contributed by atoms with Gasteiger partial charge in [0.15, 0.2) is 0 Å². The normalized spacial score (nSPS) is 11.4. The van der Waals surface area contributed by atoms with Gasteiger partial charge in [0.1, 0.15) is 0 Å². The number of amides is 1. The second-order valence-electron chi connectivity index (χ2n) is 4.87. The first-order valence-electron chi connectivity index (χ1n) is 6.80. The topological polar surface area (TPSA) is 55.1 Å². The smallest absolute Gasteiger partial charge is 0.220 e. The van der Waals surface area contributed by atoms with Crippen LogP contribution in [0.2, 0.25) is 0 Å². The standard InChI is InChI=1S/C15H23BrN2O/c1-3-15(4-2,11-17)18-14(19)10-7-12-5-8-13(16)9-6-12/h5-6,8-9H,3-4,7,10-11,17H2,1-2H3,(H,18,19). The quantitative estimate of drug-likeness (QED) is 0.809. The summed E-state index contributed by atoms with van der Waals surface area (Å²) in [5.74, 6) is 0.0806. The Labute approximate surface area is 124 Å². The molecule has 4 heteroatoms. The van der Waals surface area contributed by atoms with Crippen molar-refractivity contribution < 1.29 is 4.79 Å². The molecule has 0 fully saturated rings. The van der Waals surface area contributed by atoms with Crippen LogP contribution < -0.4 is 11.1 Å². The highest BCUT2D eigenvalue weighted by molar-refractivity contribution is 9.10. The van der Waals surface area contributed by atoms with Crippen LogP contribution in [0.4, 0.5) is 0 Å². The van der Waals surface area contributed by atoms with Crippen molar-refractivity contribution >= 4 is 21.8 Å². The van der Waals surface area contributed by atoms with E-state index >= 15 is 0 Å². The Hall–Kier alpha value is -0.870. The Balaban J connectivity index is 2.49. The van der Waals surface area contributed by atoms with Gasteiger partial charge in [-0.15, -0.1) is 0 Å². The first-order chi connectivity index (χ1) is 9.05. The minimum absolute atomic E-state index is 0.0806. The largest absolute Gasteiger partial charge is 0.349 e. The van der Waals surface area contributed by atoms with E-state index < -0.39 is 0 Å². The van der Waals surface area contributed by atoms with Crippen molar-refractivity contribution in [3.05, 3.63) is 34.3 Å². The second-order valence-corrected chi connectivity index (χ2v) is 5.78. The molecule has 19 heavy (non-hydrogen) atoms. The zero-order valence-corrected chi connectivity index (χ0v) is 13.3. The minimum atomic E-state index is -0.239. The van der Waals surface area contributed by atoms with Gasteiger partial charge in [0.2, 0.25) is 5.91 Å². The van der Waals surface area contributed by atoms with E-state index in [1.165, 1.54) is 5.56 Å². The summed E-state index contributed by atoms with van der Waals surface area (Å²) in [6, 6.07) is 8.06. The maximum absolute atomic E-state index is 12.0.